The molecule has 0 radical (unpaired) electrons. The Balaban J connectivity index is -0.000000825. The first-order chi connectivity index (χ1) is 24.9. The Kier molecular flexibility index (Phi) is 54.6. The number of rotatable bonds is 32. The third-order valence-corrected chi connectivity index (χ3v) is 11.9. The van der Waals surface area contributed by atoms with Crippen LogP contribution in [0.25, 0.3) is 0 Å². The molecule has 0 aromatic rings. The normalized spacial score (nSPS) is 11.4. The number of carboxylic acid groups (broad SMARTS) is 3. The molecular formula is C37H73NO8S6. The van der Waals surface area contributed by atoms with Crippen molar-refractivity contribution in [3.05, 3.63) is 0 Å². The van der Waals surface area contributed by atoms with Gasteiger partial charge in [-0.05, 0) is 69.6 Å². The van der Waals surface area contributed by atoms with Gasteiger partial charge in [-0.1, -0.05) is 155 Å². The van der Waals surface area contributed by atoms with E-state index in [0.29, 0.717) is 32.2 Å². The van der Waals surface area contributed by atoms with Crippen LogP contribution in [0.4, 0.5) is 0 Å². The van der Waals surface area contributed by atoms with E-state index in [0.717, 1.165) is 44.9 Å². The highest BCUT2D eigenvalue weighted by molar-refractivity contribution is 8.76. The molecule has 4 N–H and O–H groups in total. The van der Waals surface area contributed by atoms with E-state index in [1.54, 1.807) is 71.7 Å². The van der Waals surface area contributed by atoms with Gasteiger partial charge in [-0.15, -0.1) is 0 Å². The molecule has 0 unspecified atom stereocenters. The van der Waals surface area contributed by atoms with Crippen molar-refractivity contribution in [2.45, 2.75) is 148 Å². The van der Waals surface area contributed by atoms with Crippen molar-refractivity contribution >= 4 is 94.4 Å². The van der Waals surface area contributed by atoms with Crippen molar-refractivity contribution in [3.63, 3.8) is 0 Å². The fourth-order valence-electron chi connectivity index (χ4n) is 4.73. The quantitative estimate of drug-likeness (QED) is 0.0374. The van der Waals surface area contributed by atoms with E-state index in [4.69, 9.17) is 10.2 Å². The largest absolute Gasteiger partial charge is 0.481 e. The predicted octanol–water partition coefficient (Wildman–Crippen LogP) is 11.6. The predicted molar refractivity (Wildman–Crippen MR) is 236 cm³/mol. The van der Waals surface area contributed by atoms with E-state index in [-0.39, 0.29) is 37.4 Å². The second-order valence-electron chi connectivity index (χ2n) is 12.2. The number of carbonyl (C=O) groups excluding carboxylic acids is 2. The van der Waals surface area contributed by atoms with Gasteiger partial charge in [0.2, 0.25) is 5.91 Å². The molecule has 0 fully saturated rings. The number of carboxylic acids is 3. The molecule has 0 aliphatic heterocycles. The molecule has 52 heavy (non-hydrogen) atoms. The van der Waals surface area contributed by atoms with Crippen LogP contribution < -0.4 is 5.32 Å². The van der Waals surface area contributed by atoms with Crippen molar-refractivity contribution < 1.29 is 39.3 Å². The van der Waals surface area contributed by atoms with Crippen molar-refractivity contribution in [1.82, 2.24) is 5.32 Å². The molecule has 0 bridgehead atoms. The minimum atomic E-state index is -1.04. The van der Waals surface area contributed by atoms with E-state index in [9.17, 15) is 29.1 Å². The standard InChI is InChI=1S/C31H55NO8.3C2H6S2/c1-25(30(37)38)18-16-17-23-32-28(34)22-21-26(31(39)40)24-27(33)19-14-12-10-8-6-4-2-3-5-7-9-11-13-15-20-29(35)36;3*1-3-4-2/h25-26H,2-24H2,1H3,(H,32,34)(H,35,36)(H,37,38)(H,39,40);3*1-2H3/t25-,26+;;;/m0.../s1. The highest BCUT2D eigenvalue weighted by Crippen LogP contribution is 2.17. The molecule has 0 spiro atoms. The van der Waals surface area contributed by atoms with Crippen LogP contribution in [0.1, 0.15) is 148 Å². The first-order valence-corrected chi connectivity index (χ1v) is 27.4. The molecule has 2 atom stereocenters. The molecular weight excluding hydrogens is 779 g/mol. The Labute approximate surface area is 341 Å². The molecule has 0 heterocycles. The van der Waals surface area contributed by atoms with Crippen LogP contribution in [-0.4, -0.2) is 89.0 Å². The number of carbonyl (C=O) groups is 5. The zero-order valence-electron chi connectivity index (χ0n) is 33.3. The number of hydrogen-bond donors (Lipinski definition) is 4. The number of nitrogens with one attached hydrogen (secondary N) is 1. The average molecular weight is 852 g/mol. The third kappa shape index (κ3) is 54.0. The Hall–Kier alpha value is -0.350. The van der Waals surface area contributed by atoms with Crippen LogP contribution in [-0.2, 0) is 24.0 Å². The highest BCUT2D eigenvalue weighted by atomic mass is 33.1. The fourth-order valence-corrected chi connectivity index (χ4v) is 4.73. The van der Waals surface area contributed by atoms with Crippen molar-refractivity contribution in [3.8, 4) is 0 Å². The zero-order chi connectivity index (χ0) is 40.3. The topological polar surface area (TPSA) is 158 Å². The summed E-state index contributed by atoms with van der Waals surface area (Å²) in [4.78, 5) is 57.1. The Morgan fingerprint density at radius 3 is 1.21 bits per heavy atom. The molecule has 0 rings (SSSR count). The lowest BCUT2D eigenvalue weighted by Gasteiger charge is -2.12. The van der Waals surface area contributed by atoms with Gasteiger partial charge in [0.05, 0.1) is 11.8 Å². The van der Waals surface area contributed by atoms with Crippen molar-refractivity contribution in [1.29, 1.82) is 0 Å². The molecule has 9 nitrogen and oxygen atoms in total. The van der Waals surface area contributed by atoms with E-state index < -0.39 is 29.7 Å². The maximum atomic E-state index is 12.3. The first-order valence-electron chi connectivity index (χ1n) is 18.5. The first kappa shape index (κ1) is 58.4. The molecule has 1 amide bonds. The Morgan fingerprint density at radius 1 is 0.481 bits per heavy atom. The lowest BCUT2D eigenvalue weighted by molar-refractivity contribution is -0.144. The second-order valence-corrected chi connectivity index (χ2v) is 20.2. The number of amides is 1. The summed E-state index contributed by atoms with van der Waals surface area (Å²) >= 11 is 0. The van der Waals surface area contributed by atoms with Crippen molar-refractivity contribution in [2.24, 2.45) is 11.8 Å². The Bertz CT molecular complexity index is 827. The van der Waals surface area contributed by atoms with Crippen LogP contribution in [0.3, 0.4) is 0 Å². The maximum Gasteiger partial charge on any atom is 0.306 e. The minimum Gasteiger partial charge on any atom is -0.481 e. The van der Waals surface area contributed by atoms with Crippen LogP contribution in [0.2, 0.25) is 0 Å². The van der Waals surface area contributed by atoms with Crippen molar-refractivity contribution in [2.75, 3.05) is 44.1 Å². The Morgan fingerprint density at radius 2 is 0.865 bits per heavy atom. The third-order valence-electron chi connectivity index (χ3n) is 7.95. The zero-order valence-corrected chi connectivity index (χ0v) is 38.1. The molecule has 0 saturated carbocycles. The molecule has 0 saturated heterocycles. The van der Waals surface area contributed by atoms with Crippen LogP contribution in [0.5, 0.6) is 0 Å². The van der Waals surface area contributed by atoms with Gasteiger partial charge in [-0.25, -0.2) is 0 Å². The van der Waals surface area contributed by atoms with Gasteiger partial charge in [-0.3, -0.25) is 24.0 Å². The number of ketones is 1. The van der Waals surface area contributed by atoms with Gasteiger partial charge in [0.15, 0.2) is 0 Å². The molecule has 0 aromatic heterocycles. The van der Waals surface area contributed by atoms with Gasteiger partial charge in [0.25, 0.3) is 0 Å². The summed E-state index contributed by atoms with van der Waals surface area (Å²) in [5.41, 5.74) is 0. The molecule has 0 aliphatic carbocycles. The lowest BCUT2D eigenvalue weighted by Crippen LogP contribution is -2.26. The summed E-state index contributed by atoms with van der Waals surface area (Å²) in [6.07, 6.45) is 30.6. The summed E-state index contributed by atoms with van der Waals surface area (Å²) < 4.78 is 0. The van der Waals surface area contributed by atoms with E-state index >= 15 is 0 Å². The average Bonchev–Trinajstić information content (AvgIpc) is 3.12. The molecule has 15 heteroatoms. The molecule has 0 aliphatic rings. The van der Waals surface area contributed by atoms with Gasteiger partial charge in [0, 0.05) is 32.2 Å². The van der Waals surface area contributed by atoms with Gasteiger partial charge < -0.3 is 20.6 Å². The fraction of sp³-hybridized carbons (Fsp3) is 0.865. The summed E-state index contributed by atoms with van der Waals surface area (Å²) in [6.45, 7) is 2.08. The SMILES string of the molecule is CSSC.CSSC.CSSC.C[C@@H](CCCCNC(=O)CC[C@H](CC(=O)CCCCCCCCCCCCCCCCC(=O)O)C(=O)O)C(=O)O. The van der Waals surface area contributed by atoms with Crippen LogP contribution in [0, 0.1) is 11.8 Å². The number of aliphatic carboxylic acids is 3. The van der Waals surface area contributed by atoms with Gasteiger partial charge in [-0.2, -0.15) is 0 Å². The maximum absolute atomic E-state index is 12.3. The number of hydrogen-bond acceptors (Lipinski definition) is 11. The summed E-state index contributed by atoms with van der Waals surface area (Å²) in [5, 5.41) is 29.7. The minimum absolute atomic E-state index is 0.0297. The van der Waals surface area contributed by atoms with Crippen LogP contribution in [0.15, 0.2) is 0 Å². The number of Topliss-reactive ketones (excluding diaryl/α,β-unsaturated/α-hetero) is 1. The highest BCUT2D eigenvalue weighted by Gasteiger charge is 2.22. The van der Waals surface area contributed by atoms with E-state index in [1.165, 1.54) is 44.9 Å². The summed E-state index contributed by atoms with van der Waals surface area (Å²) in [7, 11) is 10.6. The van der Waals surface area contributed by atoms with E-state index in [2.05, 4.69) is 42.9 Å². The summed E-state index contributed by atoms with van der Waals surface area (Å²) in [6, 6.07) is 0. The summed E-state index contributed by atoms with van der Waals surface area (Å²) in [5.74, 6) is -4.11. The molecule has 0 aromatic carbocycles. The molecule has 310 valence electrons. The van der Waals surface area contributed by atoms with Gasteiger partial charge in [0.1, 0.15) is 5.78 Å². The van der Waals surface area contributed by atoms with Gasteiger partial charge >= 0.3 is 17.9 Å². The van der Waals surface area contributed by atoms with E-state index in [1.807, 2.05) is 0 Å². The number of unbranched alkanes of at least 4 members (excludes halogenated alkanes) is 14. The monoisotopic (exact) mass is 851 g/mol. The van der Waals surface area contributed by atoms with Crippen LogP contribution >= 0.6 is 64.8 Å². The lowest BCUT2D eigenvalue weighted by atomic mass is 9.94. The second kappa shape index (κ2) is 48.7. The smallest absolute Gasteiger partial charge is 0.306 e.